The van der Waals surface area contributed by atoms with Crippen LogP contribution in [-0.4, -0.2) is 20.0 Å². The molecule has 2 aromatic carbocycles. The van der Waals surface area contributed by atoms with Crippen molar-refractivity contribution >= 4 is 30.1 Å². The van der Waals surface area contributed by atoms with Crippen molar-refractivity contribution in [1.29, 1.82) is 0 Å². The van der Waals surface area contributed by atoms with Gasteiger partial charge in [-0.05, 0) is 72.5 Å². The van der Waals surface area contributed by atoms with Crippen LogP contribution in [0.1, 0.15) is 22.3 Å². The van der Waals surface area contributed by atoms with Crippen molar-refractivity contribution in [2.45, 2.75) is 27.7 Å². The molecule has 0 saturated carbocycles. The molecule has 0 N–H and O–H groups in total. The summed E-state index contributed by atoms with van der Waals surface area (Å²) in [6, 6.07) is 8.50. The van der Waals surface area contributed by atoms with Gasteiger partial charge < -0.3 is 8.39 Å². The van der Waals surface area contributed by atoms with Gasteiger partial charge in [-0.2, -0.15) is 0 Å². The van der Waals surface area contributed by atoms with Gasteiger partial charge in [0.1, 0.15) is 11.2 Å². The van der Waals surface area contributed by atoms with Crippen molar-refractivity contribution in [1.82, 2.24) is 20.0 Å². The molecule has 0 amide bonds. The van der Waals surface area contributed by atoms with Crippen LogP contribution in [0.25, 0.3) is 21.9 Å². The third-order valence-electron chi connectivity index (χ3n) is 3.97. The minimum absolute atomic E-state index is 0.825. The molecule has 7 heteroatoms. The summed E-state index contributed by atoms with van der Waals surface area (Å²) in [5.74, 6) is 0. The zero-order chi connectivity index (χ0) is 16.8. The standard InChI is InChI=1S/C17H17N4O2P/c1-10-5-12(3)16-14(7-10)15-8-11(2)6-13(4)17(15)23-24(22-16)21-9-18-19-20-21/h5-9H,1-4H3. The van der Waals surface area contributed by atoms with Gasteiger partial charge in [0, 0.05) is 10.8 Å². The normalized spacial score (nSPS) is 11.3. The average Bonchev–Trinajstić information content (AvgIpc) is 2.99. The molecule has 0 aliphatic heterocycles. The van der Waals surface area contributed by atoms with Crippen molar-refractivity contribution in [2.24, 2.45) is 0 Å². The Labute approximate surface area is 139 Å². The summed E-state index contributed by atoms with van der Waals surface area (Å²) in [5.41, 5.74) is 6.17. The van der Waals surface area contributed by atoms with Crippen LogP contribution in [0.5, 0.6) is 0 Å². The van der Waals surface area contributed by atoms with E-state index >= 15 is 0 Å². The second-order valence-electron chi connectivity index (χ2n) is 6.07. The van der Waals surface area contributed by atoms with Crippen molar-refractivity contribution in [3.05, 3.63) is 52.8 Å². The zero-order valence-corrected chi connectivity index (χ0v) is 14.8. The monoisotopic (exact) mass is 340 g/mol. The number of hydrogen-bond donors (Lipinski definition) is 0. The summed E-state index contributed by atoms with van der Waals surface area (Å²) in [5, 5.41) is 13.5. The SMILES string of the molecule is Cc1cc(C)c2op(-n3cnnn3)oc3c(C)cc(C)cc3c2c1. The first-order chi connectivity index (χ1) is 11.5. The van der Waals surface area contributed by atoms with Gasteiger partial charge in [-0.1, -0.05) is 12.1 Å². The number of benzene rings is 2. The molecular formula is C17H17N4O2P. The van der Waals surface area contributed by atoms with Gasteiger partial charge in [0.25, 0.3) is 0 Å². The van der Waals surface area contributed by atoms with E-state index in [0.717, 1.165) is 33.1 Å². The highest BCUT2D eigenvalue weighted by atomic mass is 31.1. The molecule has 0 fully saturated rings. The number of aryl methyl sites for hydroxylation is 4. The number of hydrogen-bond acceptors (Lipinski definition) is 5. The summed E-state index contributed by atoms with van der Waals surface area (Å²) in [6.45, 7) is 8.27. The Balaban J connectivity index is 2.29. The molecular weight excluding hydrogens is 323 g/mol. The van der Waals surface area contributed by atoms with Gasteiger partial charge in [0.05, 0.1) is 0 Å². The summed E-state index contributed by atoms with van der Waals surface area (Å²) in [6.07, 6.45) is 1.52. The second kappa shape index (κ2) is 5.49. The van der Waals surface area contributed by atoms with Gasteiger partial charge in [-0.25, -0.2) is 0 Å². The van der Waals surface area contributed by atoms with Crippen molar-refractivity contribution < 1.29 is 8.39 Å². The summed E-state index contributed by atoms with van der Waals surface area (Å²) < 4.78 is 14.0. The Morgan fingerprint density at radius 3 is 1.83 bits per heavy atom. The van der Waals surface area contributed by atoms with Gasteiger partial charge in [-0.3, -0.25) is 0 Å². The fourth-order valence-corrected chi connectivity index (χ4v) is 4.27. The molecule has 122 valence electrons. The van der Waals surface area contributed by atoms with E-state index < -0.39 is 8.16 Å². The number of tetrazole rings is 1. The number of nitrogens with zero attached hydrogens (tertiary/aromatic N) is 4. The third-order valence-corrected chi connectivity index (χ3v) is 5.17. The fraction of sp³-hybridized carbons (Fsp3) is 0.235. The minimum Gasteiger partial charge on any atom is -0.402 e. The molecule has 0 radical (unpaired) electrons. The largest absolute Gasteiger partial charge is 0.402 e. The molecule has 0 bridgehead atoms. The maximum Gasteiger partial charge on any atom is 0.366 e. The molecule has 0 atom stereocenters. The van der Waals surface area contributed by atoms with Crippen LogP contribution in [-0.2, 0) is 0 Å². The molecule has 0 spiro atoms. The summed E-state index contributed by atoms with van der Waals surface area (Å²) >= 11 is 0. The number of aromatic nitrogens is 4. The van der Waals surface area contributed by atoms with Crippen molar-refractivity contribution in [3.8, 4) is 0 Å². The van der Waals surface area contributed by atoms with Crippen LogP contribution in [0.4, 0.5) is 0 Å². The topological polar surface area (TPSA) is 69.9 Å². The van der Waals surface area contributed by atoms with Crippen LogP contribution in [0, 0.1) is 27.7 Å². The Bertz CT molecular complexity index is 1030. The molecule has 2 aromatic heterocycles. The van der Waals surface area contributed by atoms with Crippen LogP contribution in [0.3, 0.4) is 0 Å². The smallest absolute Gasteiger partial charge is 0.366 e. The van der Waals surface area contributed by atoms with Crippen molar-refractivity contribution in [2.75, 3.05) is 0 Å². The Morgan fingerprint density at radius 1 is 0.833 bits per heavy atom. The highest BCUT2D eigenvalue weighted by Crippen LogP contribution is 2.38. The molecule has 2 heterocycles. The first-order valence-corrected chi connectivity index (χ1v) is 8.78. The van der Waals surface area contributed by atoms with Gasteiger partial charge in [-0.15, -0.1) is 9.55 Å². The lowest BCUT2D eigenvalue weighted by Crippen LogP contribution is -1.84. The van der Waals surface area contributed by atoms with E-state index in [9.17, 15) is 0 Å². The van der Waals surface area contributed by atoms with E-state index in [1.165, 1.54) is 21.9 Å². The Morgan fingerprint density at radius 2 is 1.38 bits per heavy atom. The Hall–Kier alpha value is -2.59. The first-order valence-electron chi connectivity index (χ1n) is 7.65. The lowest BCUT2D eigenvalue weighted by Gasteiger charge is -2.03. The third kappa shape index (κ3) is 2.39. The van der Waals surface area contributed by atoms with Crippen molar-refractivity contribution in [3.63, 3.8) is 0 Å². The van der Waals surface area contributed by atoms with Crippen LogP contribution >= 0.6 is 8.16 Å². The summed E-state index contributed by atoms with van der Waals surface area (Å²) in [4.78, 5) is 0. The van der Waals surface area contributed by atoms with Crippen LogP contribution in [0.2, 0.25) is 0 Å². The molecule has 0 saturated heterocycles. The van der Waals surface area contributed by atoms with Gasteiger partial charge in [0.15, 0.2) is 6.33 Å². The molecule has 0 aliphatic carbocycles. The number of fused-ring (bicyclic) bond motifs is 3. The highest BCUT2D eigenvalue weighted by Gasteiger charge is 2.13. The highest BCUT2D eigenvalue weighted by molar-refractivity contribution is 7.35. The predicted octanol–water partition coefficient (Wildman–Crippen LogP) is 4.82. The molecule has 24 heavy (non-hydrogen) atoms. The first kappa shape index (κ1) is 15.0. The maximum atomic E-state index is 6.23. The minimum atomic E-state index is -1.50. The molecule has 0 aliphatic rings. The van der Waals surface area contributed by atoms with Gasteiger partial charge >= 0.3 is 8.16 Å². The second-order valence-corrected chi connectivity index (χ2v) is 7.32. The van der Waals surface area contributed by atoms with E-state index in [2.05, 4.69) is 53.6 Å². The lowest BCUT2D eigenvalue weighted by atomic mass is 10.0. The molecule has 6 nitrogen and oxygen atoms in total. The zero-order valence-electron chi connectivity index (χ0n) is 13.9. The average molecular weight is 340 g/mol. The number of rotatable bonds is 1. The fourth-order valence-electron chi connectivity index (χ4n) is 3.04. The van der Waals surface area contributed by atoms with E-state index in [4.69, 9.17) is 8.39 Å². The van der Waals surface area contributed by atoms with Crippen LogP contribution < -0.4 is 0 Å². The quantitative estimate of drug-likeness (QED) is 0.497. The van der Waals surface area contributed by atoms with E-state index in [1.54, 1.807) is 0 Å². The maximum absolute atomic E-state index is 6.23. The van der Waals surface area contributed by atoms with Gasteiger partial charge in [0.2, 0.25) is 0 Å². The molecule has 4 rings (SSSR count). The predicted molar refractivity (Wildman–Crippen MR) is 93.9 cm³/mol. The molecule has 4 aromatic rings. The van der Waals surface area contributed by atoms with E-state index in [-0.39, 0.29) is 0 Å². The van der Waals surface area contributed by atoms with E-state index in [1.807, 2.05) is 13.8 Å². The lowest BCUT2D eigenvalue weighted by molar-refractivity contribution is 0.611. The molecule has 0 unspecified atom stereocenters. The Kier molecular flexibility index (Phi) is 3.43. The van der Waals surface area contributed by atoms with E-state index in [0.29, 0.717) is 0 Å². The summed E-state index contributed by atoms with van der Waals surface area (Å²) in [7, 11) is -1.50. The van der Waals surface area contributed by atoms with Crippen LogP contribution in [0.15, 0.2) is 39.0 Å².